The van der Waals surface area contributed by atoms with Crippen LogP contribution in [-0.2, 0) is 19.4 Å². The number of benzene rings is 1. The molecule has 0 aliphatic rings. The number of amides is 2. The van der Waals surface area contributed by atoms with Crippen molar-refractivity contribution in [1.82, 2.24) is 5.32 Å². The smallest absolute Gasteiger partial charge is 0.224 e. The molecule has 2 amide bonds. The Balaban J connectivity index is 2.49. The molecule has 8 heteroatoms. The normalized spacial score (nSPS) is 13.1. The number of sulfone groups is 1. The Labute approximate surface area is 149 Å². The van der Waals surface area contributed by atoms with Crippen molar-refractivity contribution in [3.8, 4) is 0 Å². The molecule has 1 atom stereocenters. The molecule has 0 aromatic heterocycles. The lowest BCUT2D eigenvalue weighted by atomic mass is 9.87. The van der Waals surface area contributed by atoms with Crippen LogP contribution in [0.25, 0.3) is 0 Å². The molecule has 1 radical (unpaired) electrons. The molecule has 25 heavy (non-hydrogen) atoms. The molecule has 0 saturated heterocycles. The van der Waals surface area contributed by atoms with Crippen LogP contribution in [0, 0.1) is 11.8 Å². The molecule has 4 N–H and O–H groups in total. The number of hydrogen-bond acceptors (Lipinski definition) is 5. The van der Waals surface area contributed by atoms with Crippen LogP contribution in [-0.4, -0.2) is 39.1 Å². The van der Waals surface area contributed by atoms with Gasteiger partial charge in [0.25, 0.3) is 0 Å². The van der Waals surface area contributed by atoms with Gasteiger partial charge in [0.15, 0.2) is 9.84 Å². The van der Waals surface area contributed by atoms with Gasteiger partial charge in [-0.1, -0.05) is 19.9 Å². The first-order valence-corrected chi connectivity index (χ1v) is 9.78. The lowest BCUT2D eigenvalue weighted by molar-refractivity contribution is -0.126. The Morgan fingerprint density at radius 3 is 2.52 bits per heavy atom. The molecule has 0 unspecified atom stereocenters. The number of hydrogen-bond donors (Lipinski definition) is 3. The third kappa shape index (κ3) is 7.13. The highest BCUT2D eigenvalue weighted by molar-refractivity contribution is 7.90. The van der Waals surface area contributed by atoms with Crippen LogP contribution in [0.4, 0.5) is 5.69 Å². The van der Waals surface area contributed by atoms with Gasteiger partial charge in [0.05, 0.1) is 11.3 Å². The second-order valence-corrected chi connectivity index (χ2v) is 8.76. The first kappa shape index (κ1) is 21.0. The van der Waals surface area contributed by atoms with Crippen LogP contribution in [0.1, 0.15) is 27.2 Å². The summed E-state index contributed by atoms with van der Waals surface area (Å²) < 4.78 is 23.1. The Morgan fingerprint density at radius 1 is 1.32 bits per heavy atom. The second kappa shape index (κ2) is 8.33. The van der Waals surface area contributed by atoms with E-state index >= 15 is 0 Å². The van der Waals surface area contributed by atoms with E-state index in [0.29, 0.717) is 12.2 Å². The van der Waals surface area contributed by atoms with Gasteiger partial charge in [0.2, 0.25) is 11.8 Å². The molecule has 1 aromatic rings. The molecule has 0 saturated carbocycles. The average molecular weight is 368 g/mol. The Morgan fingerprint density at radius 2 is 1.96 bits per heavy atom. The van der Waals surface area contributed by atoms with Gasteiger partial charge in [0.1, 0.15) is 0 Å². The van der Waals surface area contributed by atoms with Gasteiger partial charge in [-0.25, -0.2) is 8.42 Å². The maximum Gasteiger partial charge on any atom is 0.224 e. The monoisotopic (exact) mass is 368 g/mol. The summed E-state index contributed by atoms with van der Waals surface area (Å²) in [6, 6.07) is 6.29. The zero-order valence-corrected chi connectivity index (χ0v) is 15.8. The zero-order chi connectivity index (χ0) is 19.3. The predicted molar refractivity (Wildman–Crippen MR) is 97.5 cm³/mol. The zero-order valence-electron chi connectivity index (χ0n) is 15.0. The number of rotatable bonds is 9. The number of nitrogens with one attached hydrogen (secondary N) is 2. The number of primary amides is 1. The Bertz CT molecular complexity index is 729. The average Bonchev–Trinajstić information content (AvgIpc) is 2.50. The minimum atomic E-state index is -3.26. The SMILES string of the molecule is C[C@@H](CNc1cccc(S(C)(=O)=O)c1)NC(=O)[CH]CC(C)(C)C(N)=O. The molecule has 1 aromatic carbocycles. The van der Waals surface area contributed by atoms with E-state index in [1.54, 1.807) is 32.0 Å². The third-order valence-electron chi connectivity index (χ3n) is 3.73. The Kier molecular flexibility index (Phi) is 6.98. The van der Waals surface area contributed by atoms with E-state index in [2.05, 4.69) is 10.6 Å². The number of carbonyl (C=O) groups is 2. The van der Waals surface area contributed by atoms with Crippen LogP contribution >= 0.6 is 0 Å². The van der Waals surface area contributed by atoms with Gasteiger partial charge < -0.3 is 16.4 Å². The van der Waals surface area contributed by atoms with Gasteiger partial charge in [-0.3, -0.25) is 9.59 Å². The minimum Gasteiger partial charge on any atom is -0.383 e. The van der Waals surface area contributed by atoms with Crippen molar-refractivity contribution in [2.45, 2.75) is 38.1 Å². The van der Waals surface area contributed by atoms with E-state index in [1.807, 2.05) is 6.92 Å². The van der Waals surface area contributed by atoms with Crippen LogP contribution < -0.4 is 16.4 Å². The van der Waals surface area contributed by atoms with Crippen LogP contribution in [0.15, 0.2) is 29.2 Å². The van der Waals surface area contributed by atoms with Gasteiger partial charge in [-0.05, 0) is 31.5 Å². The second-order valence-electron chi connectivity index (χ2n) is 6.75. The predicted octanol–water partition coefficient (Wildman–Crippen LogP) is 1.11. The molecule has 0 heterocycles. The van der Waals surface area contributed by atoms with E-state index in [4.69, 9.17) is 5.73 Å². The van der Waals surface area contributed by atoms with Crippen molar-refractivity contribution in [2.75, 3.05) is 18.1 Å². The standard InChI is InChI=1S/C17H26N3O4S/c1-12(20-15(21)8-9-17(2,3)16(18)22)11-19-13-6-5-7-14(10-13)25(4,23)24/h5-8,10,12,19H,9,11H2,1-4H3,(H2,18,22)(H,20,21)/t12-/m0/s1. The molecule has 0 fully saturated rings. The summed E-state index contributed by atoms with van der Waals surface area (Å²) in [5, 5.41) is 5.86. The lowest BCUT2D eigenvalue weighted by Gasteiger charge is -2.20. The van der Waals surface area contributed by atoms with Crippen molar-refractivity contribution in [1.29, 1.82) is 0 Å². The molecular weight excluding hydrogens is 342 g/mol. The number of anilines is 1. The summed E-state index contributed by atoms with van der Waals surface area (Å²) in [6.45, 7) is 5.60. The molecule has 0 aliphatic carbocycles. The molecule has 1 rings (SSSR count). The fraction of sp³-hybridized carbons (Fsp3) is 0.471. The summed E-state index contributed by atoms with van der Waals surface area (Å²) in [5.41, 5.74) is 5.15. The highest BCUT2D eigenvalue weighted by Crippen LogP contribution is 2.20. The first-order chi connectivity index (χ1) is 11.4. The molecule has 0 spiro atoms. The van der Waals surface area contributed by atoms with Gasteiger partial charge in [0, 0.05) is 29.9 Å². The molecular formula is C17H26N3O4S. The van der Waals surface area contributed by atoms with Crippen molar-refractivity contribution < 1.29 is 18.0 Å². The van der Waals surface area contributed by atoms with E-state index in [9.17, 15) is 18.0 Å². The summed E-state index contributed by atoms with van der Waals surface area (Å²) in [7, 11) is -3.26. The van der Waals surface area contributed by atoms with Crippen molar-refractivity contribution >= 4 is 27.3 Å². The highest BCUT2D eigenvalue weighted by atomic mass is 32.2. The van der Waals surface area contributed by atoms with Gasteiger partial charge in [-0.15, -0.1) is 0 Å². The van der Waals surface area contributed by atoms with Crippen LogP contribution in [0.2, 0.25) is 0 Å². The quantitative estimate of drug-likeness (QED) is 0.603. The third-order valence-corrected chi connectivity index (χ3v) is 4.84. The summed E-state index contributed by atoms with van der Waals surface area (Å²) in [5.74, 6) is -0.745. The fourth-order valence-corrected chi connectivity index (χ4v) is 2.58. The molecule has 0 aliphatic heterocycles. The van der Waals surface area contributed by atoms with E-state index in [-0.39, 0.29) is 23.3 Å². The Hall–Kier alpha value is -2.09. The van der Waals surface area contributed by atoms with Crippen molar-refractivity contribution in [3.63, 3.8) is 0 Å². The fourth-order valence-electron chi connectivity index (χ4n) is 1.91. The van der Waals surface area contributed by atoms with E-state index < -0.39 is 21.2 Å². The van der Waals surface area contributed by atoms with Crippen molar-refractivity contribution in [2.24, 2.45) is 11.1 Å². The number of carbonyl (C=O) groups excluding carboxylic acids is 2. The summed E-state index contributed by atoms with van der Waals surface area (Å²) in [6.07, 6.45) is 2.81. The van der Waals surface area contributed by atoms with Gasteiger partial charge >= 0.3 is 0 Å². The first-order valence-electron chi connectivity index (χ1n) is 7.89. The van der Waals surface area contributed by atoms with Crippen molar-refractivity contribution in [3.05, 3.63) is 30.7 Å². The van der Waals surface area contributed by atoms with Crippen LogP contribution in [0.3, 0.4) is 0 Å². The highest BCUT2D eigenvalue weighted by Gasteiger charge is 2.26. The molecule has 0 bridgehead atoms. The van der Waals surface area contributed by atoms with Gasteiger partial charge in [-0.2, -0.15) is 0 Å². The van der Waals surface area contributed by atoms with E-state index in [0.717, 1.165) is 6.26 Å². The maximum atomic E-state index is 11.9. The van der Waals surface area contributed by atoms with E-state index in [1.165, 1.54) is 12.5 Å². The summed E-state index contributed by atoms with van der Waals surface area (Å²) >= 11 is 0. The topological polar surface area (TPSA) is 118 Å². The lowest BCUT2D eigenvalue weighted by Crippen LogP contribution is -2.39. The molecule has 139 valence electrons. The number of nitrogens with two attached hydrogens (primary N) is 1. The maximum absolute atomic E-state index is 11.9. The van der Waals surface area contributed by atoms with Crippen LogP contribution in [0.5, 0.6) is 0 Å². The largest absolute Gasteiger partial charge is 0.383 e. The summed E-state index contributed by atoms with van der Waals surface area (Å²) in [4.78, 5) is 23.4. The minimum absolute atomic E-state index is 0.192. The molecule has 7 nitrogen and oxygen atoms in total.